The van der Waals surface area contributed by atoms with E-state index in [0.29, 0.717) is 6.04 Å². The molecule has 0 radical (unpaired) electrons. The van der Waals surface area contributed by atoms with Gasteiger partial charge in [-0.05, 0) is 25.7 Å². The fraction of sp³-hybridized carbons (Fsp3) is 0.917. The lowest BCUT2D eigenvalue weighted by atomic mass is 9.96. The maximum Gasteiger partial charge on any atom is 0.317 e. The third-order valence-electron chi connectivity index (χ3n) is 3.78. The van der Waals surface area contributed by atoms with Gasteiger partial charge in [0.2, 0.25) is 0 Å². The minimum atomic E-state index is 0.0310. The summed E-state index contributed by atoms with van der Waals surface area (Å²) in [6.45, 7) is 0.891. The molecule has 1 heterocycles. The standard InChI is InChI=1S/C12H22N2O2/c15-9-11-7-4-8-14(11)12(16)13-10-5-2-1-3-6-10/h10-11,15H,1-9H2,(H,13,16)/t11-/m0/s1. The van der Waals surface area contributed by atoms with Crippen molar-refractivity contribution in [2.24, 2.45) is 0 Å². The largest absolute Gasteiger partial charge is 0.394 e. The van der Waals surface area contributed by atoms with Crippen LogP contribution in [0.5, 0.6) is 0 Å². The van der Waals surface area contributed by atoms with Crippen LogP contribution in [0.25, 0.3) is 0 Å². The maximum absolute atomic E-state index is 12.0. The second-order valence-corrected chi connectivity index (χ2v) is 4.96. The zero-order valence-electron chi connectivity index (χ0n) is 9.82. The molecule has 0 aromatic carbocycles. The van der Waals surface area contributed by atoms with Crippen molar-refractivity contribution in [3.8, 4) is 0 Å². The second-order valence-electron chi connectivity index (χ2n) is 4.96. The molecule has 2 aliphatic rings. The second kappa shape index (κ2) is 5.53. The van der Waals surface area contributed by atoms with E-state index in [4.69, 9.17) is 5.11 Å². The number of carbonyl (C=O) groups excluding carboxylic acids is 1. The molecule has 2 fully saturated rings. The van der Waals surface area contributed by atoms with E-state index in [1.807, 2.05) is 0 Å². The van der Waals surface area contributed by atoms with Crippen LogP contribution in [0, 0.1) is 0 Å². The Bertz CT molecular complexity index is 239. The molecule has 1 atom stereocenters. The van der Waals surface area contributed by atoms with E-state index in [1.54, 1.807) is 4.90 Å². The van der Waals surface area contributed by atoms with Gasteiger partial charge in [0.05, 0.1) is 12.6 Å². The molecule has 1 saturated heterocycles. The Labute approximate surface area is 97.0 Å². The molecule has 0 unspecified atom stereocenters. The minimum absolute atomic E-state index is 0.0310. The van der Waals surface area contributed by atoms with Crippen LogP contribution in [0.3, 0.4) is 0 Å². The van der Waals surface area contributed by atoms with E-state index in [-0.39, 0.29) is 18.7 Å². The van der Waals surface area contributed by atoms with Crippen molar-refractivity contribution in [3.05, 3.63) is 0 Å². The molecule has 16 heavy (non-hydrogen) atoms. The summed E-state index contributed by atoms with van der Waals surface area (Å²) in [5, 5.41) is 12.3. The van der Waals surface area contributed by atoms with Gasteiger partial charge >= 0.3 is 6.03 Å². The van der Waals surface area contributed by atoms with E-state index in [1.165, 1.54) is 19.3 Å². The van der Waals surface area contributed by atoms with Crippen molar-refractivity contribution >= 4 is 6.03 Å². The van der Waals surface area contributed by atoms with Crippen LogP contribution >= 0.6 is 0 Å². The summed E-state index contributed by atoms with van der Waals surface area (Å²) >= 11 is 0. The SMILES string of the molecule is O=C(NC1CCCCC1)N1CCC[C@H]1CO. The number of aliphatic hydroxyl groups is 1. The van der Waals surface area contributed by atoms with E-state index in [2.05, 4.69) is 5.32 Å². The summed E-state index contributed by atoms with van der Waals surface area (Å²) in [5.41, 5.74) is 0. The lowest BCUT2D eigenvalue weighted by Gasteiger charge is -2.28. The van der Waals surface area contributed by atoms with Gasteiger partial charge in [-0.2, -0.15) is 0 Å². The fourth-order valence-corrected chi connectivity index (χ4v) is 2.80. The van der Waals surface area contributed by atoms with Crippen LogP contribution < -0.4 is 5.32 Å². The monoisotopic (exact) mass is 226 g/mol. The molecular formula is C12H22N2O2. The van der Waals surface area contributed by atoms with Crippen molar-refractivity contribution in [3.63, 3.8) is 0 Å². The van der Waals surface area contributed by atoms with Crippen LogP contribution in [0.4, 0.5) is 4.79 Å². The van der Waals surface area contributed by atoms with Gasteiger partial charge in [-0.1, -0.05) is 19.3 Å². The zero-order chi connectivity index (χ0) is 11.4. The van der Waals surface area contributed by atoms with Crippen molar-refractivity contribution in [2.45, 2.75) is 57.0 Å². The highest BCUT2D eigenvalue weighted by Crippen LogP contribution is 2.20. The first kappa shape index (κ1) is 11.7. The lowest BCUT2D eigenvalue weighted by molar-refractivity contribution is 0.152. The molecule has 2 amide bonds. The van der Waals surface area contributed by atoms with E-state index in [9.17, 15) is 4.79 Å². The van der Waals surface area contributed by atoms with Gasteiger partial charge in [-0.25, -0.2) is 4.79 Å². The first-order valence-electron chi connectivity index (χ1n) is 6.49. The number of hydrogen-bond acceptors (Lipinski definition) is 2. The molecule has 0 spiro atoms. The number of hydrogen-bond donors (Lipinski definition) is 2. The number of carbonyl (C=O) groups is 1. The van der Waals surface area contributed by atoms with E-state index in [0.717, 1.165) is 32.2 Å². The number of likely N-dealkylation sites (tertiary alicyclic amines) is 1. The Balaban J connectivity index is 1.82. The molecule has 2 rings (SSSR count). The molecule has 4 nitrogen and oxygen atoms in total. The molecule has 1 aliphatic carbocycles. The first-order valence-corrected chi connectivity index (χ1v) is 6.49. The van der Waals surface area contributed by atoms with Crippen LogP contribution in [0.1, 0.15) is 44.9 Å². The molecule has 1 aliphatic heterocycles. The summed E-state index contributed by atoms with van der Waals surface area (Å²) in [7, 11) is 0. The number of urea groups is 1. The molecule has 4 heteroatoms. The highest BCUT2D eigenvalue weighted by atomic mass is 16.3. The molecule has 0 aromatic rings. The van der Waals surface area contributed by atoms with E-state index < -0.39 is 0 Å². The molecule has 0 bridgehead atoms. The summed E-state index contributed by atoms with van der Waals surface area (Å²) in [4.78, 5) is 13.8. The molecule has 0 aromatic heterocycles. The van der Waals surface area contributed by atoms with Crippen LogP contribution in [-0.2, 0) is 0 Å². The summed E-state index contributed by atoms with van der Waals surface area (Å²) in [5.74, 6) is 0. The highest BCUT2D eigenvalue weighted by molar-refractivity contribution is 5.75. The zero-order valence-corrected chi connectivity index (χ0v) is 9.82. The Kier molecular flexibility index (Phi) is 4.04. The molecule has 2 N–H and O–H groups in total. The molecular weight excluding hydrogens is 204 g/mol. The van der Waals surface area contributed by atoms with Gasteiger partial charge in [-0.3, -0.25) is 0 Å². The molecule has 92 valence electrons. The summed E-state index contributed by atoms with van der Waals surface area (Å²) < 4.78 is 0. The van der Waals surface area contributed by atoms with E-state index >= 15 is 0 Å². The van der Waals surface area contributed by atoms with Gasteiger partial charge in [-0.15, -0.1) is 0 Å². The highest BCUT2D eigenvalue weighted by Gasteiger charge is 2.29. The van der Waals surface area contributed by atoms with Gasteiger partial charge in [0.25, 0.3) is 0 Å². The summed E-state index contributed by atoms with van der Waals surface area (Å²) in [6, 6.07) is 0.438. The van der Waals surface area contributed by atoms with Crippen LogP contribution in [0.15, 0.2) is 0 Å². The van der Waals surface area contributed by atoms with Crippen molar-refractivity contribution in [2.75, 3.05) is 13.2 Å². The maximum atomic E-state index is 12.0. The topological polar surface area (TPSA) is 52.6 Å². The Morgan fingerprint density at radius 1 is 1.19 bits per heavy atom. The van der Waals surface area contributed by atoms with Crippen molar-refractivity contribution < 1.29 is 9.90 Å². The van der Waals surface area contributed by atoms with Crippen molar-refractivity contribution in [1.29, 1.82) is 0 Å². The third kappa shape index (κ3) is 2.67. The fourth-order valence-electron chi connectivity index (χ4n) is 2.80. The number of aliphatic hydroxyl groups excluding tert-OH is 1. The predicted octanol–water partition coefficient (Wildman–Crippen LogP) is 1.49. The normalized spacial score (nSPS) is 27.1. The minimum Gasteiger partial charge on any atom is -0.394 e. The average molecular weight is 226 g/mol. The number of amides is 2. The quantitative estimate of drug-likeness (QED) is 0.749. The number of rotatable bonds is 2. The lowest BCUT2D eigenvalue weighted by Crippen LogP contribution is -2.48. The van der Waals surface area contributed by atoms with Gasteiger partial charge in [0.15, 0.2) is 0 Å². The van der Waals surface area contributed by atoms with Crippen LogP contribution in [-0.4, -0.2) is 41.3 Å². The summed E-state index contributed by atoms with van der Waals surface area (Å²) in [6.07, 6.45) is 7.95. The third-order valence-corrected chi connectivity index (χ3v) is 3.78. The Morgan fingerprint density at radius 3 is 2.62 bits per heavy atom. The smallest absolute Gasteiger partial charge is 0.317 e. The Hall–Kier alpha value is -0.770. The predicted molar refractivity (Wildman–Crippen MR) is 62.2 cm³/mol. The van der Waals surface area contributed by atoms with Gasteiger partial charge in [0.1, 0.15) is 0 Å². The number of nitrogens with zero attached hydrogens (tertiary/aromatic N) is 1. The average Bonchev–Trinajstić information content (AvgIpc) is 2.78. The first-order chi connectivity index (χ1) is 7.81. The van der Waals surface area contributed by atoms with Gasteiger partial charge < -0.3 is 15.3 Å². The van der Waals surface area contributed by atoms with Crippen LogP contribution in [0.2, 0.25) is 0 Å². The number of nitrogens with one attached hydrogen (secondary N) is 1. The van der Waals surface area contributed by atoms with Crippen molar-refractivity contribution in [1.82, 2.24) is 10.2 Å². The van der Waals surface area contributed by atoms with Gasteiger partial charge in [0, 0.05) is 12.6 Å². The molecule has 1 saturated carbocycles. The Morgan fingerprint density at radius 2 is 1.94 bits per heavy atom.